The van der Waals surface area contributed by atoms with Crippen LogP contribution in [0.5, 0.6) is 0 Å². The van der Waals surface area contributed by atoms with Crippen LogP contribution in [-0.4, -0.2) is 22.6 Å². The number of hydrogen-bond acceptors (Lipinski definition) is 2. The van der Waals surface area contributed by atoms with Gasteiger partial charge in [0, 0.05) is 46.7 Å². The molecule has 0 aliphatic heterocycles. The number of nitrogens with one attached hydrogen (secondary N) is 1. The SMILES string of the molecule is O=COCCc1[nH]c2ccc(-n3cccc3)cc2c1-c1ccccc1. The van der Waals surface area contributed by atoms with Gasteiger partial charge in [-0.15, -0.1) is 0 Å². The topological polar surface area (TPSA) is 47.0 Å². The van der Waals surface area contributed by atoms with Gasteiger partial charge in [0.2, 0.25) is 0 Å². The van der Waals surface area contributed by atoms with Gasteiger partial charge in [0.1, 0.15) is 0 Å². The Balaban J connectivity index is 1.87. The molecule has 0 aliphatic rings. The van der Waals surface area contributed by atoms with E-state index in [2.05, 4.69) is 39.9 Å². The number of fused-ring (bicyclic) bond motifs is 1. The van der Waals surface area contributed by atoms with Crippen molar-refractivity contribution in [1.29, 1.82) is 0 Å². The Morgan fingerprint density at radius 3 is 2.56 bits per heavy atom. The predicted octanol–water partition coefficient (Wildman–Crippen LogP) is 4.34. The first-order valence-electron chi connectivity index (χ1n) is 8.25. The Morgan fingerprint density at radius 1 is 1.00 bits per heavy atom. The summed E-state index contributed by atoms with van der Waals surface area (Å²) >= 11 is 0. The van der Waals surface area contributed by atoms with E-state index < -0.39 is 0 Å². The molecule has 0 atom stereocenters. The number of rotatable bonds is 6. The molecule has 25 heavy (non-hydrogen) atoms. The Kier molecular flexibility index (Phi) is 4.09. The van der Waals surface area contributed by atoms with Gasteiger partial charge in [-0.1, -0.05) is 30.3 Å². The van der Waals surface area contributed by atoms with E-state index in [4.69, 9.17) is 4.74 Å². The summed E-state index contributed by atoms with van der Waals surface area (Å²) in [7, 11) is 0. The van der Waals surface area contributed by atoms with E-state index in [1.807, 2.05) is 42.7 Å². The van der Waals surface area contributed by atoms with Gasteiger partial charge in [-0.25, -0.2) is 0 Å². The number of hydrogen-bond donors (Lipinski definition) is 1. The van der Waals surface area contributed by atoms with E-state index >= 15 is 0 Å². The molecule has 0 aliphatic carbocycles. The van der Waals surface area contributed by atoms with Gasteiger partial charge in [0.15, 0.2) is 0 Å². The summed E-state index contributed by atoms with van der Waals surface area (Å²) in [5.41, 5.74) is 5.59. The molecule has 0 spiro atoms. The number of H-pyrrole nitrogens is 1. The van der Waals surface area contributed by atoms with Crippen LogP contribution in [0.4, 0.5) is 0 Å². The molecule has 0 radical (unpaired) electrons. The third-order valence-corrected chi connectivity index (χ3v) is 4.36. The van der Waals surface area contributed by atoms with E-state index in [1.54, 1.807) is 0 Å². The molecule has 4 aromatic rings. The quantitative estimate of drug-likeness (QED) is 0.422. The molecular weight excluding hydrogens is 312 g/mol. The molecule has 4 rings (SSSR count). The van der Waals surface area contributed by atoms with Gasteiger partial charge in [0.05, 0.1) is 6.61 Å². The molecule has 1 N–H and O–H groups in total. The van der Waals surface area contributed by atoms with E-state index in [-0.39, 0.29) is 0 Å². The second-order valence-corrected chi connectivity index (χ2v) is 5.88. The first-order valence-corrected chi connectivity index (χ1v) is 8.25. The largest absolute Gasteiger partial charge is 0.467 e. The Labute approximate surface area is 145 Å². The van der Waals surface area contributed by atoms with Crippen molar-refractivity contribution in [3.8, 4) is 16.8 Å². The monoisotopic (exact) mass is 330 g/mol. The fourth-order valence-electron chi connectivity index (χ4n) is 3.23. The lowest BCUT2D eigenvalue weighted by atomic mass is 10.0. The second kappa shape index (κ2) is 6.69. The van der Waals surface area contributed by atoms with Crippen LogP contribution < -0.4 is 0 Å². The maximum absolute atomic E-state index is 10.5. The molecule has 4 heteroatoms. The number of ether oxygens (including phenoxy) is 1. The molecule has 0 amide bonds. The van der Waals surface area contributed by atoms with Crippen molar-refractivity contribution >= 4 is 17.4 Å². The van der Waals surface area contributed by atoms with Crippen LogP contribution in [0, 0.1) is 0 Å². The average molecular weight is 330 g/mol. The lowest BCUT2D eigenvalue weighted by Crippen LogP contribution is -1.98. The predicted molar refractivity (Wildman–Crippen MR) is 98.8 cm³/mol. The minimum absolute atomic E-state index is 0.362. The summed E-state index contributed by atoms with van der Waals surface area (Å²) in [6.45, 7) is 0.857. The first-order chi connectivity index (χ1) is 12.4. The van der Waals surface area contributed by atoms with E-state index in [0.717, 1.165) is 22.5 Å². The Bertz CT molecular complexity index is 986. The van der Waals surface area contributed by atoms with Crippen molar-refractivity contribution in [1.82, 2.24) is 9.55 Å². The van der Waals surface area contributed by atoms with Crippen molar-refractivity contribution in [3.63, 3.8) is 0 Å². The molecule has 0 bridgehead atoms. The van der Waals surface area contributed by atoms with Crippen LogP contribution in [0.15, 0.2) is 73.1 Å². The number of carbonyl (C=O) groups excluding carboxylic acids is 1. The zero-order valence-electron chi connectivity index (χ0n) is 13.7. The van der Waals surface area contributed by atoms with Crippen LogP contribution in [0.2, 0.25) is 0 Å². The molecule has 0 unspecified atom stereocenters. The molecule has 124 valence electrons. The molecule has 2 heterocycles. The van der Waals surface area contributed by atoms with Crippen LogP contribution in [0.1, 0.15) is 5.69 Å². The van der Waals surface area contributed by atoms with Gasteiger partial charge in [-0.3, -0.25) is 4.79 Å². The fraction of sp³-hybridized carbons (Fsp3) is 0.0952. The maximum atomic E-state index is 10.5. The second-order valence-electron chi connectivity index (χ2n) is 5.88. The molecule has 0 saturated heterocycles. The van der Waals surface area contributed by atoms with Gasteiger partial charge in [-0.2, -0.15) is 0 Å². The Hall–Kier alpha value is -3.27. The minimum atomic E-state index is 0.362. The highest BCUT2D eigenvalue weighted by Crippen LogP contribution is 2.34. The van der Waals surface area contributed by atoms with Crippen LogP contribution >= 0.6 is 0 Å². The lowest BCUT2D eigenvalue weighted by molar-refractivity contribution is -0.128. The van der Waals surface area contributed by atoms with Crippen molar-refractivity contribution in [3.05, 3.63) is 78.8 Å². The molecule has 4 nitrogen and oxygen atoms in total. The average Bonchev–Trinajstić information content (AvgIpc) is 3.30. The third kappa shape index (κ3) is 2.94. The minimum Gasteiger partial charge on any atom is -0.467 e. The van der Waals surface area contributed by atoms with E-state index in [9.17, 15) is 4.79 Å². The van der Waals surface area contributed by atoms with Gasteiger partial charge in [-0.05, 0) is 35.9 Å². The lowest BCUT2D eigenvalue weighted by Gasteiger charge is -2.06. The van der Waals surface area contributed by atoms with Gasteiger partial charge >= 0.3 is 0 Å². The maximum Gasteiger partial charge on any atom is 0.293 e. The number of nitrogens with zero attached hydrogens (tertiary/aromatic N) is 1. The smallest absolute Gasteiger partial charge is 0.293 e. The molecule has 2 aromatic heterocycles. The third-order valence-electron chi connectivity index (χ3n) is 4.36. The normalized spacial score (nSPS) is 10.9. The van der Waals surface area contributed by atoms with Crippen LogP contribution in [0.3, 0.4) is 0 Å². The zero-order valence-corrected chi connectivity index (χ0v) is 13.7. The summed E-state index contributed by atoms with van der Waals surface area (Å²) in [6, 6.07) is 20.7. The van der Waals surface area contributed by atoms with Crippen LogP contribution in [-0.2, 0) is 16.0 Å². The molecular formula is C21H18N2O2. The number of aromatic amines is 1. The standard InChI is InChI=1S/C21H18N2O2/c24-15-25-13-10-20-21(16-6-2-1-3-7-16)18-14-17(8-9-19(18)22-20)23-11-4-5-12-23/h1-9,11-12,14-15,22H,10,13H2. The summed E-state index contributed by atoms with van der Waals surface area (Å²) in [4.78, 5) is 14.0. The van der Waals surface area contributed by atoms with Crippen molar-refractivity contribution in [2.45, 2.75) is 6.42 Å². The summed E-state index contributed by atoms with van der Waals surface area (Å²) in [5.74, 6) is 0. The zero-order chi connectivity index (χ0) is 17.1. The number of aromatic nitrogens is 2. The van der Waals surface area contributed by atoms with Crippen molar-refractivity contribution < 1.29 is 9.53 Å². The first kappa shape index (κ1) is 15.3. The summed E-state index contributed by atoms with van der Waals surface area (Å²) in [5, 5.41) is 1.17. The number of benzene rings is 2. The molecule has 2 aromatic carbocycles. The van der Waals surface area contributed by atoms with Crippen molar-refractivity contribution in [2.24, 2.45) is 0 Å². The van der Waals surface area contributed by atoms with Gasteiger partial charge < -0.3 is 14.3 Å². The van der Waals surface area contributed by atoms with Crippen LogP contribution in [0.25, 0.3) is 27.7 Å². The highest BCUT2D eigenvalue weighted by molar-refractivity contribution is 5.98. The van der Waals surface area contributed by atoms with Gasteiger partial charge in [0.25, 0.3) is 6.47 Å². The summed E-state index contributed by atoms with van der Waals surface area (Å²) in [6.07, 6.45) is 4.72. The molecule has 0 saturated carbocycles. The fourth-order valence-corrected chi connectivity index (χ4v) is 3.23. The highest BCUT2D eigenvalue weighted by atomic mass is 16.5. The Morgan fingerprint density at radius 2 is 1.80 bits per heavy atom. The van der Waals surface area contributed by atoms with E-state index in [1.165, 1.54) is 10.9 Å². The summed E-state index contributed by atoms with van der Waals surface area (Å²) < 4.78 is 7.00. The molecule has 0 fully saturated rings. The highest BCUT2D eigenvalue weighted by Gasteiger charge is 2.14. The number of carbonyl (C=O) groups is 1. The van der Waals surface area contributed by atoms with E-state index in [0.29, 0.717) is 19.5 Å². The van der Waals surface area contributed by atoms with Crippen molar-refractivity contribution in [2.75, 3.05) is 6.61 Å².